The zero-order valence-corrected chi connectivity index (χ0v) is 17.9. The summed E-state index contributed by atoms with van der Waals surface area (Å²) >= 11 is 0. The Bertz CT molecular complexity index is 1280. The van der Waals surface area contributed by atoms with E-state index in [0.717, 1.165) is 22.2 Å². The summed E-state index contributed by atoms with van der Waals surface area (Å²) in [6.07, 6.45) is 3.75. The van der Waals surface area contributed by atoms with E-state index in [1.54, 1.807) is 32.4 Å². The van der Waals surface area contributed by atoms with Gasteiger partial charge in [-0.15, -0.1) is 0 Å². The topological polar surface area (TPSA) is 98.3 Å². The first kappa shape index (κ1) is 20.2. The van der Waals surface area contributed by atoms with Crippen LogP contribution in [0.15, 0.2) is 54.9 Å². The lowest BCUT2D eigenvalue weighted by Crippen LogP contribution is -2.23. The first-order chi connectivity index (χ1) is 14.9. The third-order valence-corrected chi connectivity index (χ3v) is 5.08. The van der Waals surface area contributed by atoms with Crippen molar-refractivity contribution in [1.29, 1.82) is 0 Å². The highest BCUT2D eigenvalue weighted by Crippen LogP contribution is 2.33. The zero-order valence-electron chi connectivity index (χ0n) is 17.9. The monoisotopic (exact) mass is 416 g/mol. The van der Waals surface area contributed by atoms with Gasteiger partial charge in [0.05, 0.1) is 24.1 Å². The number of para-hydroxylation sites is 1. The lowest BCUT2D eigenvalue weighted by atomic mass is 10.1. The van der Waals surface area contributed by atoms with Crippen molar-refractivity contribution < 1.29 is 9.53 Å². The molecule has 31 heavy (non-hydrogen) atoms. The van der Waals surface area contributed by atoms with Gasteiger partial charge in [0, 0.05) is 55.7 Å². The van der Waals surface area contributed by atoms with E-state index >= 15 is 0 Å². The van der Waals surface area contributed by atoms with Gasteiger partial charge in [-0.2, -0.15) is 0 Å². The van der Waals surface area contributed by atoms with Gasteiger partial charge in [-0.05, 0) is 24.3 Å². The SMILES string of the molecule is COc1cc(C(=O)N(C)C)c(N)cc1Nc1nccc(-c2cn(C)c3ccccc23)n1. The lowest BCUT2D eigenvalue weighted by Gasteiger charge is -2.16. The Balaban J connectivity index is 1.71. The minimum absolute atomic E-state index is 0.198. The number of nitrogen functional groups attached to an aromatic ring is 1. The van der Waals surface area contributed by atoms with Crippen LogP contribution in [-0.2, 0) is 7.05 Å². The molecule has 2 heterocycles. The summed E-state index contributed by atoms with van der Waals surface area (Å²) in [5, 5.41) is 4.28. The summed E-state index contributed by atoms with van der Waals surface area (Å²) in [5.74, 6) is 0.671. The molecule has 4 aromatic rings. The van der Waals surface area contributed by atoms with E-state index in [2.05, 4.69) is 38.2 Å². The number of nitrogens with one attached hydrogen (secondary N) is 1. The van der Waals surface area contributed by atoms with E-state index in [0.29, 0.717) is 28.6 Å². The third-order valence-electron chi connectivity index (χ3n) is 5.08. The highest BCUT2D eigenvalue weighted by Gasteiger charge is 2.17. The van der Waals surface area contributed by atoms with Gasteiger partial charge >= 0.3 is 0 Å². The molecule has 2 aromatic heterocycles. The second kappa shape index (κ2) is 7.98. The normalized spacial score (nSPS) is 10.8. The number of nitrogens with two attached hydrogens (primary N) is 1. The van der Waals surface area contributed by atoms with Crippen LogP contribution < -0.4 is 15.8 Å². The smallest absolute Gasteiger partial charge is 0.255 e. The largest absolute Gasteiger partial charge is 0.495 e. The molecule has 0 aliphatic carbocycles. The Labute approximate surface area is 180 Å². The van der Waals surface area contributed by atoms with Crippen LogP contribution in [0.1, 0.15) is 10.4 Å². The number of ether oxygens (including phenoxy) is 1. The highest BCUT2D eigenvalue weighted by molar-refractivity contribution is 6.00. The van der Waals surface area contributed by atoms with Crippen LogP contribution >= 0.6 is 0 Å². The molecule has 0 atom stereocenters. The highest BCUT2D eigenvalue weighted by atomic mass is 16.5. The average molecular weight is 416 g/mol. The maximum atomic E-state index is 12.4. The van der Waals surface area contributed by atoms with E-state index in [1.807, 2.05) is 25.2 Å². The molecule has 0 saturated carbocycles. The van der Waals surface area contributed by atoms with E-state index in [9.17, 15) is 4.79 Å². The third kappa shape index (κ3) is 3.75. The molecule has 4 rings (SSSR count). The van der Waals surface area contributed by atoms with Crippen LogP contribution in [0.2, 0.25) is 0 Å². The Hall–Kier alpha value is -4.07. The number of carbonyl (C=O) groups is 1. The molecule has 8 nitrogen and oxygen atoms in total. The molecule has 0 aliphatic heterocycles. The number of hydrogen-bond acceptors (Lipinski definition) is 6. The van der Waals surface area contributed by atoms with E-state index in [1.165, 1.54) is 12.0 Å². The molecule has 3 N–H and O–H groups in total. The number of hydrogen-bond donors (Lipinski definition) is 2. The molecule has 0 bridgehead atoms. The molecular weight excluding hydrogens is 392 g/mol. The quantitative estimate of drug-likeness (QED) is 0.482. The number of aromatic nitrogens is 3. The van der Waals surface area contributed by atoms with Gasteiger partial charge in [0.25, 0.3) is 5.91 Å². The van der Waals surface area contributed by atoms with Gasteiger partial charge in [0.1, 0.15) is 5.75 Å². The van der Waals surface area contributed by atoms with Crippen molar-refractivity contribution in [3.05, 3.63) is 60.4 Å². The molecular formula is C23H24N6O2. The molecule has 0 radical (unpaired) electrons. The fraction of sp³-hybridized carbons (Fsp3) is 0.174. The van der Waals surface area contributed by atoms with Crippen LogP contribution in [0.3, 0.4) is 0 Å². The molecule has 0 unspecified atom stereocenters. The van der Waals surface area contributed by atoms with Crippen LogP contribution in [0, 0.1) is 0 Å². The Morgan fingerprint density at radius 3 is 2.71 bits per heavy atom. The van der Waals surface area contributed by atoms with Gasteiger partial charge < -0.3 is 25.3 Å². The molecule has 0 spiro atoms. The first-order valence-corrected chi connectivity index (χ1v) is 9.72. The second-order valence-corrected chi connectivity index (χ2v) is 7.40. The Kier molecular flexibility index (Phi) is 5.21. The maximum absolute atomic E-state index is 12.4. The van der Waals surface area contributed by atoms with Crippen LogP contribution in [0.25, 0.3) is 22.2 Å². The van der Waals surface area contributed by atoms with Gasteiger partial charge in [-0.25, -0.2) is 9.97 Å². The molecule has 0 saturated heterocycles. The molecule has 158 valence electrons. The number of benzene rings is 2. The predicted molar refractivity (Wildman–Crippen MR) is 123 cm³/mol. The number of fused-ring (bicyclic) bond motifs is 1. The first-order valence-electron chi connectivity index (χ1n) is 9.72. The molecule has 2 aromatic carbocycles. The van der Waals surface area contributed by atoms with Gasteiger partial charge in [0.2, 0.25) is 5.95 Å². The standard InChI is InChI=1S/C23H24N6O2/c1-28(2)22(30)15-11-21(31-4)19(12-17(15)24)27-23-25-10-9-18(26-23)16-13-29(3)20-8-6-5-7-14(16)20/h5-13H,24H2,1-4H3,(H,25,26,27). The van der Waals surface area contributed by atoms with Crippen molar-refractivity contribution in [3.8, 4) is 17.0 Å². The lowest BCUT2D eigenvalue weighted by molar-refractivity contribution is 0.0828. The number of nitrogens with zero attached hydrogens (tertiary/aromatic N) is 4. The summed E-state index contributed by atoms with van der Waals surface area (Å²) in [7, 11) is 6.89. The van der Waals surface area contributed by atoms with Gasteiger partial charge in [0.15, 0.2) is 0 Å². The average Bonchev–Trinajstić information content (AvgIpc) is 3.10. The van der Waals surface area contributed by atoms with Crippen molar-refractivity contribution in [2.45, 2.75) is 0 Å². The van der Waals surface area contributed by atoms with Crippen LogP contribution in [0.4, 0.5) is 17.3 Å². The fourth-order valence-corrected chi connectivity index (χ4v) is 3.52. The Morgan fingerprint density at radius 2 is 1.97 bits per heavy atom. The van der Waals surface area contributed by atoms with Crippen molar-refractivity contribution in [3.63, 3.8) is 0 Å². The van der Waals surface area contributed by atoms with E-state index < -0.39 is 0 Å². The molecule has 0 fully saturated rings. The van der Waals surface area contributed by atoms with Crippen molar-refractivity contribution >= 4 is 34.1 Å². The number of carbonyl (C=O) groups excluding carboxylic acids is 1. The number of anilines is 3. The van der Waals surface area contributed by atoms with E-state index in [4.69, 9.17) is 10.5 Å². The summed E-state index contributed by atoms with van der Waals surface area (Å²) in [4.78, 5) is 22.8. The summed E-state index contributed by atoms with van der Waals surface area (Å²) in [6, 6.07) is 13.3. The predicted octanol–water partition coefficient (Wildman–Crippen LogP) is 3.67. The minimum atomic E-state index is -0.198. The number of aryl methyl sites for hydroxylation is 1. The van der Waals surface area contributed by atoms with Crippen LogP contribution in [0.5, 0.6) is 5.75 Å². The zero-order chi connectivity index (χ0) is 22.1. The van der Waals surface area contributed by atoms with Crippen molar-refractivity contribution in [2.24, 2.45) is 7.05 Å². The van der Waals surface area contributed by atoms with Crippen LogP contribution in [-0.4, -0.2) is 46.5 Å². The summed E-state index contributed by atoms with van der Waals surface area (Å²) in [6.45, 7) is 0. The number of amides is 1. The Morgan fingerprint density at radius 1 is 1.19 bits per heavy atom. The summed E-state index contributed by atoms with van der Waals surface area (Å²) < 4.78 is 7.54. The fourth-order valence-electron chi connectivity index (χ4n) is 3.52. The number of methoxy groups -OCH3 is 1. The minimum Gasteiger partial charge on any atom is -0.495 e. The second-order valence-electron chi connectivity index (χ2n) is 7.40. The molecule has 8 heteroatoms. The molecule has 1 amide bonds. The van der Waals surface area contributed by atoms with Gasteiger partial charge in [-0.1, -0.05) is 18.2 Å². The van der Waals surface area contributed by atoms with Crippen molar-refractivity contribution in [1.82, 2.24) is 19.4 Å². The maximum Gasteiger partial charge on any atom is 0.255 e. The van der Waals surface area contributed by atoms with Gasteiger partial charge in [-0.3, -0.25) is 4.79 Å². The molecule has 0 aliphatic rings. The number of rotatable bonds is 5. The van der Waals surface area contributed by atoms with Crippen molar-refractivity contribution in [2.75, 3.05) is 32.3 Å². The van der Waals surface area contributed by atoms with E-state index in [-0.39, 0.29) is 5.91 Å². The summed E-state index contributed by atoms with van der Waals surface area (Å²) in [5.41, 5.74) is 10.4.